The molecule has 2 aromatic rings. The number of phenolic OH excluding ortho intramolecular Hbond substituents is 3. The number of ketones is 3. The molecule has 0 heterocycles. The zero-order valence-corrected chi connectivity index (χ0v) is 11.8. The van der Waals surface area contributed by atoms with Gasteiger partial charge in [0, 0.05) is 10.9 Å². The third kappa shape index (κ3) is 1.57. The Kier molecular flexibility index (Phi) is 2.75. The van der Waals surface area contributed by atoms with E-state index in [-0.39, 0.29) is 33.4 Å². The topological polar surface area (TPSA) is 112 Å². The molecule has 112 valence electrons. The number of benzene rings is 2. The van der Waals surface area contributed by atoms with Crippen LogP contribution >= 0.6 is 0 Å². The fraction of sp³-hybridized carbons (Fsp3) is 0.188. The van der Waals surface area contributed by atoms with Crippen LogP contribution in [0.4, 0.5) is 0 Å². The normalized spacial score (nSPS) is 17.9. The molecule has 3 rings (SSSR count). The lowest BCUT2D eigenvalue weighted by molar-refractivity contribution is -0.117. The molecule has 1 aliphatic carbocycles. The molecule has 1 aliphatic rings. The standard InChI is InChI=1S/C16H12O6/c1-5-3-9(17)7-4-8-11(15(21)10(7)12(5)18)16(22)14(20)6(2)13(8)19/h3-4,6,17-18,21H,1-2H3. The number of aryl methyl sites for hydroxylation is 1. The third-order valence-corrected chi connectivity index (χ3v) is 4.04. The Bertz CT molecular complexity index is 894. The van der Waals surface area contributed by atoms with Crippen LogP contribution in [0.3, 0.4) is 0 Å². The summed E-state index contributed by atoms with van der Waals surface area (Å²) in [4.78, 5) is 36.1. The van der Waals surface area contributed by atoms with Gasteiger partial charge in [0.05, 0.1) is 16.9 Å². The first-order valence-corrected chi connectivity index (χ1v) is 6.59. The lowest BCUT2D eigenvalue weighted by Gasteiger charge is -2.21. The Morgan fingerprint density at radius 2 is 1.59 bits per heavy atom. The third-order valence-electron chi connectivity index (χ3n) is 4.04. The molecule has 2 aromatic carbocycles. The zero-order chi connectivity index (χ0) is 16.3. The Morgan fingerprint density at radius 1 is 0.955 bits per heavy atom. The second-order valence-electron chi connectivity index (χ2n) is 5.41. The van der Waals surface area contributed by atoms with Gasteiger partial charge in [-0.05, 0) is 31.5 Å². The highest BCUT2D eigenvalue weighted by Crippen LogP contribution is 2.45. The molecule has 0 aromatic heterocycles. The summed E-state index contributed by atoms with van der Waals surface area (Å²) >= 11 is 0. The summed E-state index contributed by atoms with van der Waals surface area (Å²) in [6, 6.07) is 2.51. The van der Waals surface area contributed by atoms with E-state index in [0.29, 0.717) is 0 Å². The summed E-state index contributed by atoms with van der Waals surface area (Å²) < 4.78 is 0. The van der Waals surface area contributed by atoms with E-state index in [1.807, 2.05) is 0 Å². The van der Waals surface area contributed by atoms with E-state index in [1.54, 1.807) is 0 Å². The fourth-order valence-electron chi connectivity index (χ4n) is 2.76. The van der Waals surface area contributed by atoms with Crippen molar-refractivity contribution in [3.05, 3.63) is 28.8 Å². The minimum atomic E-state index is -1.13. The van der Waals surface area contributed by atoms with Gasteiger partial charge in [-0.15, -0.1) is 0 Å². The second kappa shape index (κ2) is 4.30. The SMILES string of the molecule is Cc1cc(O)c2cc3c(c(O)c2c1O)C(=O)C(=O)C(C)C3=O. The maximum absolute atomic E-state index is 12.2. The summed E-state index contributed by atoms with van der Waals surface area (Å²) in [5, 5.41) is 30.3. The lowest BCUT2D eigenvalue weighted by atomic mass is 9.80. The van der Waals surface area contributed by atoms with Crippen molar-refractivity contribution >= 4 is 28.1 Å². The minimum Gasteiger partial charge on any atom is -0.507 e. The van der Waals surface area contributed by atoms with Crippen molar-refractivity contribution in [1.82, 2.24) is 0 Å². The Balaban J connectivity index is 2.54. The summed E-state index contributed by atoms with van der Waals surface area (Å²) in [6.07, 6.45) is 0. The molecule has 6 heteroatoms. The number of phenols is 3. The molecule has 0 bridgehead atoms. The molecular weight excluding hydrogens is 288 g/mol. The maximum Gasteiger partial charge on any atom is 0.233 e. The van der Waals surface area contributed by atoms with Crippen LogP contribution in [0, 0.1) is 12.8 Å². The van der Waals surface area contributed by atoms with Crippen LogP contribution in [0.25, 0.3) is 10.8 Å². The maximum atomic E-state index is 12.2. The molecule has 0 spiro atoms. The summed E-state index contributed by atoms with van der Waals surface area (Å²) in [6.45, 7) is 2.83. The number of fused-ring (bicyclic) bond motifs is 2. The minimum absolute atomic E-state index is 0.0436. The molecule has 0 saturated heterocycles. The van der Waals surface area contributed by atoms with Gasteiger partial charge in [0.2, 0.25) is 11.6 Å². The van der Waals surface area contributed by atoms with Gasteiger partial charge < -0.3 is 15.3 Å². The molecule has 3 N–H and O–H groups in total. The number of carbonyl (C=O) groups is 3. The van der Waals surface area contributed by atoms with Gasteiger partial charge in [-0.3, -0.25) is 14.4 Å². The largest absolute Gasteiger partial charge is 0.507 e. The van der Waals surface area contributed by atoms with Gasteiger partial charge in [0.25, 0.3) is 0 Å². The van der Waals surface area contributed by atoms with Gasteiger partial charge in [-0.25, -0.2) is 0 Å². The average molecular weight is 300 g/mol. The number of carbonyl (C=O) groups excluding carboxylic acids is 3. The molecule has 0 amide bonds. The van der Waals surface area contributed by atoms with Crippen molar-refractivity contribution < 1.29 is 29.7 Å². The molecule has 0 saturated carbocycles. The lowest BCUT2D eigenvalue weighted by Crippen LogP contribution is -2.35. The van der Waals surface area contributed by atoms with E-state index >= 15 is 0 Å². The Hall–Kier alpha value is -2.89. The number of aromatic hydroxyl groups is 3. The van der Waals surface area contributed by atoms with E-state index < -0.39 is 34.6 Å². The van der Waals surface area contributed by atoms with Crippen LogP contribution in [0.2, 0.25) is 0 Å². The monoisotopic (exact) mass is 300 g/mol. The Labute approximate surface area is 124 Å². The summed E-state index contributed by atoms with van der Waals surface area (Å²) in [5.74, 6) is -4.82. The molecule has 0 radical (unpaired) electrons. The van der Waals surface area contributed by atoms with Gasteiger partial charge in [0.15, 0.2) is 5.78 Å². The predicted molar refractivity (Wildman–Crippen MR) is 76.5 cm³/mol. The van der Waals surface area contributed by atoms with Crippen LogP contribution in [-0.2, 0) is 4.79 Å². The average Bonchev–Trinajstić information content (AvgIpc) is 2.47. The van der Waals surface area contributed by atoms with Crippen LogP contribution in [0.5, 0.6) is 17.2 Å². The first-order valence-electron chi connectivity index (χ1n) is 6.59. The van der Waals surface area contributed by atoms with Gasteiger partial charge >= 0.3 is 0 Å². The van der Waals surface area contributed by atoms with E-state index in [0.717, 1.165) is 0 Å². The molecule has 6 nitrogen and oxygen atoms in total. The van der Waals surface area contributed by atoms with Crippen LogP contribution in [0.1, 0.15) is 33.2 Å². The molecular formula is C16H12O6. The van der Waals surface area contributed by atoms with Crippen molar-refractivity contribution in [1.29, 1.82) is 0 Å². The van der Waals surface area contributed by atoms with Crippen molar-refractivity contribution in [2.24, 2.45) is 5.92 Å². The van der Waals surface area contributed by atoms with E-state index in [2.05, 4.69) is 0 Å². The van der Waals surface area contributed by atoms with Crippen LogP contribution < -0.4 is 0 Å². The molecule has 22 heavy (non-hydrogen) atoms. The van der Waals surface area contributed by atoms with E-state index in [1.165, 1.54) is 26.0 Å². The highest BCUT2D eigenvalue weighted by molar-refractivity contribution is 6.52. The highest BCUT2D eigenvalue weighted by atomic mass is 16.3. The van der Waals surface area contributed by atoms with Crippen molar-refractivity contribution in [3.63, 3.8) is 0 Å². The quantitative estimate of drug-likeness (QED) is 0.389. The highest BCUT2D eigenvalue weighted by Gasteiger charge is 2.40. The Morgan fingerprint density at radius 3 is 2.23 bits per heavy atom. The first-order chi connectivity index (χ1) is 10.3. The fourth-order valence-corrected chi connectivity index (χ4v) is 2.76. The molecule has 1 unspecified atom stereocenters. The van der Waals surface area contributed by atoms with Gasteiger partial charge in [0.1, 0.15) is 17.2 Å². The van der Waals surface area contributed by atoms with E-state index in [9.17, 15) is 29.7 Å². The van der Waals surface area contributed by atoms with Crippen LogP contribution in [0.15, 0.2) is 12.1 Å². The summed E-state index contributed by atoms with van der Waals surface area (Å²) in [5.41, 5.74) is -0.254. The number of hydrogen-bond donors (Lipinski definition) is 3. The molecule has 1 atom stereocenters. The number of hydrogen-bond acceptors (Lipinski definition) is 6. The number of Topliss-reactive ketones (excluding diaryl/α,β-unsaturated/α-hetero) is 3. The van der Waals surface area contributed by atoms with Gasteiger partial charge in [-0.2, -0.15) is 0 Å². The smallest absolute Gasteiger partial charge is 0.233 e. The second-order valence-corrected chi connectivity index (χ2v) is 5.41. The van der Waals surface area contributed by atoms with Crippen molar-refractivity contribution in [2.45, 2.75) is 13.8 Å². The van der Waals surface area contributed by atoms with Gasteiger partial charge in [-0.1, -0.05) is 0 Å². The number of rotatable bonds is 0. The molecule has 0 fully saturated rings. The van der Waals surface area contributed by atoms with Crippen molar-refractivity contribution in [3.8, 4) is 17.2 Å². The molecule has 0 aliphatic heterocycles. The van der Waals surface area contributed by atoms with Crippen molar-refractivity contribution in [2.75, 3.05) is 0 Å². The first kappa shape index (κ1) is 14.1. The van der Waals surface area contributed by atoms with E-state index in [4.69, 9.17) is 0 Å². The van der Waals surface area contributed by atoms with Crippen LogP contribution in [-0.4, -0.2) is 32.7 Å². The predicted octanol–water partition coefficient (Wildman–Crippen LogP) is 1.85. The zero-order valence-electron chi connectivity index (χ0n) is 11.8. The summed E-state index contributed by atoms with van der Waals surface area (Å²) in [7, 11) is 0.